The molecule has 1 aromatic rings. The molecule has 0 atom stereocenters. The largest absolute Gasteiger partial charge is 0.508 e. The van der Waals surface area contributed by atoms with Crippen LogP contribution in [0.3, 0.4) is 0 Å². The van der Waals surface area contributed by atoms with Gasteiger partial charge >= 0.3 is 0 Å². The number of hydrogen-bond donors (Lipinski definition) is 1. The molecule has 0 saturated heterocycles. The summed E-state index contributed by atoms with van der Waals surface area (Å²) in [7, 11) is 0. The number of unbranched alkanes of at least 4 members (excludes halogenated alkanes) is 2. The van der Waals surface area contributed by atoms with E-state index in [0.717, 1.165) is 6.42 Å². The zero-order chi connectivity index (χ0) is 13.7. The van der Waals surface area contributed by atoms with Crippen molar-refractivity contribution < 1.29 is 5.11 Å². The normalized spacial score (nSPS) is 11.5. The lowest BCUT2D eigenvalue weighted by Gasteiger charge is -2.21. The second-order valence-electron chi connectivity index (χ2n) is 5.83. The lowest BCUT2D eigenvalue weighted by molar-refractivity contribution is 0.463. The average Bonchev–Trinajstić information content (AvgIpc) is 2.30. The summed E-state index contributed by atoms with van der Waals surface area (Å²) in [6, 6.07) is 3.97. The second kappa shape index (κ2) is 6.82. The van der Waals surface area contributed by atoms with Gasteiger partial charge in [0.05, 0.1) is 0 Å². The Balaban J connectivity index is 3.15. The number of rotatable bonds is 6. The van der Waals surface area contributed by atoms with E-state index in [0.29, 0.717) is 17.6 Å². The van der Waals surface area contributed by atoms with Gasteiger partial charge in [-0.25, -0.2) is 0 Å². The van der Waals surface area contributed by atoms with Gasteiger partial charge in [-0.1, -0.05) is 53.5 Å². The standard InChI is InChI=1S/C17H28O/c1-6-7-8-9-15-16(18)11-10-14(12(2)3)17(15)13(4)5/h10-13,18H,6-9H2,1-5H3. The minimum Gasteiger partial charge on any atom is -0.508 e. The summed E-state index contributed by atoms with van der Waals surface area (Å²) in [5, 5.41) is 10.1. The van der Waals surface area contributed by atoms with Crippen LogP contribution in [-0.2, 0) is 6.42 Å². The monoisotopic (exact) mass is 248 g/mol. The van der Waals surface area contributed by atoms with Crippen LogP contribution in [0.15, 0.2) is 12.1 Å². The highest BCUT2D eigenvalue weighted by Gasteiger charge is 2.17. The van der Waals surface area contributed by atoms with Gasteiger partial charge in [-0.05, 0) is 47.4 Å². The van der Waals surface area contributed by atoms with Gasteiger partial charge in [0.1, 0.15) is 5.75 Å². The van der Waals surface area contributed by atoms with Crippen molar-refractivity contribution >= 4 is 0 Å². The topological polar surface area (TPSA) is 20.2 Å². The van der Waals surface area contributed by atoms with E-state index in [-0.39, 0.29) is 0 Å². The maximum atomic E-state index is 10.1. The molecular formula is C17H28O. The Morgan fingerprint density at radius 2 is 1.67 bits per heavy atom. The summed E-state index contributed by atoms with van der Waals surface area (Å²) < 4.78 is 0. The van der Waals surface area contributed by atoms with Gasteiger partial charge in [-0.3, -0.25) is 0 Å². The molecular weight excluding hydrogens is 220 g/mol. The number of benzene rings is 1. The molecule has 0 heterocycles. The van der Waals surface area contributed by atoms with Crippen molar-refractivity contribution in [2.75, 3.05) is 0 Å². The Bertz CT molecular complexity index is 377. The third-order valence-corrected chi connectivity index (χ3v) is 3.60. The van der Waals surface area contributed by atoms with Crippen LogP contribution in [0.5, 0.6) is 5.75 Å². The van der Waals surface area contributed by atoms with Gasteiger partial charge in [-0.2, -0.15) is 0 Å². The van der Waals surface area contributed by atoms with Crippen molar-refractivity contribution in [3.63, 3.8) is 0 Å². The molecule has 0 fully saturated rings. The molecule has 0 aliphatic carbocycles. The molecule has 0 bridgehead atoms. The van der Waals surface area contributed by atoms with Gasteiger partial charge in [0.15, 0.2) is 0 Å². The minimum absolute atomic E-state index is 0.478. The average molecular weight is 248 g/mol. The molecule has 1 rings (SSSR count). The Labute approximate surface area is 112 Å². The van der Waals surface area contributed by atoms with E-state index in [4.69, 9.17) is 0 Å². The number of phenolic OH excluding ortho intramolecular Hbond substituents is 1. The molecule has 0 unspecified atom stereocenters. The van der Waals surface area contributed by atoms with E-state index in [1.54, 1.807) is 0 Å². The summed E-state index contributed by atoms with van der Waals surface area (Å²) in [5.74, 6) is 1.48. The summed E-state index contributed by atoms with van der Waals surface area (Å²) in [4.78, 5) is 0. The van der Waals surface area contributed by atoms with Crippen molar-refractivity contribution in [2.24, 2.45) is 0 Å². The predicted octanol–water partition coefficient (Wildman–Crippen LogP) is 5.37. The first kappa shape index (κ1) is 15.1. The lowest BCUT2D eigenvalue weighted by Crippen LogP contribution is -2.04. The summed E-state index contributed by atoms with van der Waals surface area (Å²) in [6.07, 6.45) is 4.64. The van der Waals surface area contributed by atoms with Gasteiger partial charge in [0, 0.05) is 0 Å². The van der Waals surface area contributed by atoms with E-state index in [9.17, 15) is 5.11 Å². The molecule has 1 aromatic carbocycles. The Morgan fingerprint density at radius 1 is 1.00 bits per heavy atom. The third-order valence-electron chi connectivity index (χ3n) is 3.60. The fourth-order valence-electron chi connectivity index (χ4n) is 2.67. The number of phenols is 1. The molecule has 102 valence electrons. The molecule has 1 nitrogen and oxygen atoms in total. The fraction of sp³-hybridized carbons (Fsp3) is 0.647. The molecule has 1 heteroatoms. The Kier molecular flexibility index (Phi) is 5.71. The summed E-state index contributed by atoms with van der Waals surface area (Å²) >= 11 is 0. The van der Waals surface area contributed by atoms with Crippen LogP contribution in [0.25, 0.3) is 0 Å². The first-order valence-corrected chi connectivity index (χ1v) is 7.33. The zero-order valence-electron chi connectivity index (χ0n) is 12.6. The van der Waals surface area contributed by atoms with E-state index < -0.39 is 0 Å². The molecule has 1 N–H and O–H groups in total. The van der Waals surface area contributed by atoms with Crippen molar-refractivity contribution in [1.82, 2.24) is 0 Å². The quantitative estimate of drug-likeness (QED) is 0.671. The highest BCUT2D eigenvalue weighted by atomic mass is 16.3. The Morgan fingerprint density at radius 3 is 2.17 bits per heavy atom. The first-order valence-electron chi connectivity index (χ1n) is 7.33. The fourth-order valence-corrected chi connectivity index (χ4v) is 2.67. The van der Waals surface area contributed by atoms with Crippen molar-refractivity contribution in [2.45, 2.75) is 72.1 Å². The van der Waals surface area contributed by atoms with E-state index in [2.05, 4.69) is 40.7 Å². The maximum absolute atomic E-state index is 10.1. The van der Waals surface area contributed by atoms with E-state index >= 15 is 0 Å². The molecule has 0 radical (unpaired) electrons. The Hall–Kier alpha value is -0.980. The second-order valence-corrected chi connectivity index (χ2v) is 5.83. The lowest BCUT2D eigenvalue weighted by atomic mass is 9.85. The van der Waals surface area contributed by atoms with Gasteiger partial charge in [0.25, 0.3) is 0 Å². The summed E-state index contributed by atoms with van der Waals surface area (Å²) in [5.41, 5.74) is 3.96. The van der Waals surface area contributed by atoms with Crippen molar-refractivity contribution in [1.29, 1.82) is 0 Å². The molecule has 0 aliphatic rings. The van der Waals surface area contributed by atoms with E-state index in [1.165, 1.54) is 36.0 Å². The number of hydrogen-bond acceptors (Lipinski definition) is 1. The van der Waals surface area contributed by atoms with Crippen LogP contribution in [0.1, 0.15) is 82.4 Å². The first-order chi connectivity index (χ1) is 8.49. The van der Waals surface area contributed by atoms with Crippen LogP contribution in [-0.4, -0.2) is 5.11 Å². The van der Waals surface area contributed by atoms with Gasteiger partial charge in [-0.15, -0.1) is 0 Å². The summed E-state index contributed by atoms with van der Waals surface area (Å²) in [6.45, 7) is 11.1. The molecule has 0 amide bonds. The molecule has 18 heavy (non-hydrogen) atoms. The molecule has 0 aliphatic heterocycles. The predicted molar refractivity (Wildman–Crippen MR) is 79.5 cm³/mol. The smallest absolute Gasteiger partial charge is 0.119 e. The number of aromatic hydroxyl groups is 1. The van der Waals surface area contributed by atoms with Gasteiger partial charge in [0.2, 0.25) is 0 Å². The third kappa shape index (κ3) is 3.51. The van der Waals surface area contributed by atoms with Crippen molar-refractivity contribution in [3.05, 3.63) is 28.8 Å². The zero-order valence-corrected chi connectivity index (χ0v) is 12.6. The maximum Gasteiger partial charge on any atom is 0.119 e. The van der Waals surface area contributed by atoms with Crippen molar-refractivity contribution in [3.8, 4) is 5.75 Å². The van der Waals surface area contributed by atoms with E-state index in [1.807, 2.05) is 6.07 Å². The van der Waals surface area contributed by atoms with Crippen LogP contribution >= 0.6 is 0 Å². The SMILES string of the molecule is CCCCCc1c(O)ccc(C(C)C)c1C(C)C. The molecule has 0 spiro atoms. The van der Waals surface area contributed by atoms with Crippen LogP contribution in [0.2, 0.25) is 0 Å². The van der Waals surface area contributed by atoms with Crippen LogP contribution in [0, 0.1) is 0 Å². The molecule has 0 saturated carbocycles. The molecule has 0 aromatic heterocycles. The van der Waals surface area contributed by atoms with Crippen LogP contribution in [0.4, 0.5) is 0 Å². The highest BCUT2D eigenvalue weighted by Crippen LogP contribution is 2.35. The van der Waals surface area contributed by atoms with Gasteiger partial charge < -0.3 is 5.11 Å². The van der Waals surface area contributed by atoms with Crippen LogP contribution < -0.4 is 0 Å². The minimum atomic E-state index is 0.478. The highest BCUT2D eigenvalue weighted by molar-refractivity contribution is 5.47.